The van der Waals surface area contributed by atoms with Crippen molar-refractivity contribution >= 4 is 0 Å². The van der Waals surface area contributed by atoms with Gasteiger partial charge in [-0.2, -0.15) is 0 Å². The summed E-state index contributed by atoms with van der Waals surface area (Å²) in [6.45, 7) is 6.00. The monoisotopic (exact) mass is 148 g/mol. The van der Waals surface area contributed by atoms with E-state index in [9.17, 15) is 5.11 Å². The Morgan fingerprint density at radius 3 is 1.80 bits per heavy atom. The molecule has 0 heterocycles. The second-order valence-corrected chi connectivity index (χ2v) is 1.93. The molecule has 0 rings (SSSR count). The van der Waals surface area contributed by atoms with Gasteiger partial charge in [0.2, 0.25) is 5.91 Å². The van der Waals surface area contributed by atoms with Gasteiger partial charge in [0.05, 0.1) is 0 Å². The van der Waals surface area contributed by atoms with Crippen molar-refractivity contribution in [3.63, 3.8) is 0 Å². The summed E-state index contributed by atoms with van der Waals surface area (Å²) in [7, 11) is 0. The molecule has 0 amide bonds. The van der Waals surface area contributed by atoms with Crippen LogP contribution in [0.15, 0.2) is 12.3 Å². The van der Waals surface area contributed by atoms with Crippen molar-refractivity contribution in [1.29, 1.82) is 0 Å². The molecule has 0 aliphatic rings. The molecule has 0 saturated heterocycles. The van der Waals surface area contributed by atoms with Gasteiger partial charge in [-0.15, -0.1) is 12.3 Å². The maximum atomic E-state index is 9.33. The Morgan fingerprint density at radius 1 is 1.70 bits per heavy atom. The van der Waals surface area contributed by atoms with E-state index >= 15 is 0 Å². The van der Waals surface area contributed by atoms with E-state index in [1.165, 1.54) is 6.92 Å². The van der Waals surface area contributed by atoms with E-state index in [4.69, 9.17) is 10.2 Å². The first-order valence-corrected chi connectivity index (χ1v) is 2.85. The molecule has 4 N–H and O–H groups in total. The van der Waals surface area contributed by atoms with Crippen molar-refractivity contribution in [3.8, 4) is 0 Å². The van der Waals surface area contributed by atoms with E-state index in [1.54, 1.807) is 6.92 Å². The quantitative estimate of drug-likeness (QED) is 0.324. The summed E-state index contributed by atoms with van der Waals surface area (Å²) < 4.78 is 0. The standard InChI is InChI=1S/C3H9NO2.C3H6O/c1-2-3(4,5)6;1-3(2)4/h5-6H,2,4H2,1H3;4H,1H2,2H3/p-1. The molecule has 0 aliphatic heterocycles. The summed E-state index contributed by atoms with van der Waals surface area (Å²) in [6, 6.07) is 0. The number of hydrogen-bond acceptors (Lipinski definition) is 4. The summed E-state index contributed by atoms with van der Waals surface area (Å²) >= 11 is 0. The van der Waals surface area contributed by atoms with Crippen LogP contribution in [0.3, 0.4) is 0 Å². The van der Waals surface area contributed by atoms with Crippen molar-refractivity contribution in [1.82, 2.24) is 0 Å². The highest BCUT2D eigenvalue weighted by molar-refractivity contribution is 4.64. The number of nitrogens with two attached hydrogens (primary N) is 1. The Labute approximate surface area is 60.6 Å². The molecule has 62 valence electrons. The van der Waals surface area contributed by atoms with Crippen LogP contribution in [0.25, 0.3) is 0 Å². The molecule has 4 heteroatoms. The molecule has 0 bridgehead atoms. The van der Waals surface area contributed by atoms with Crippen LogP contribution in [0.5, 0.6) is 0 Å². The number of allylic oxidation sites excluding steroid dienone is 1. The van der Waals surface area contributed by atoms with Crippen molar-refractivity contribution in [2.24, 2.45) is 5.73 Å². The van der Waals surface area contributed by atoms with Crippen molar-refractivity contribution in [2.45, 2.75) is 26.2 Å². The minimum Gasteiger partial charge on any atom is -0.876 e. The lowest BCUT2D eigenvalue weighted by molar-refractivity contribution is -0.300. The van der Waals surface area contributed by atoms with Crippen molar-refractivity contribution in [2.75, 3.05) is 0 Å². The van der Waals surface area contributed by atoms with E-state index in [0.29, 0.717) is 0 Å². The van der Waals surface area contributed by atoms with Gasteiger partial charge >= 0.3 is 0 Å². The molecule has 0 spiro atoms. The highest BCUT2D eigenvalue weighted by atomic mass is 16.5. The molecule has 0 aliphatic carbocycles. The van der Waals surface area contributed by atoms with E-state index in [0.717, 1.165) is 0 Å². The first kappa shape index (κ1) is 12.1. The van der Waals surface area contributed by atoms with Gasteiger partial charge in [0.25, 0.3) is 0 Å². The molecule has 0 unspecified atom stereocenters. The Kier molecular flexibility index (Phi) is 6.34. The Bertz CT molecular complexity index is 91.7. The number of aliphatic hydroxyl groups is 2. The molecule has 0 aromatic heterocycles. The number of rotatable bonds is 1. The maximum absolute atomic E-state index is 9.33. The van der Waals surface area contributed by atoms with Crippen LogP contribution in [-0.4, -0.2) is 16.1 Å². The minimum absolute atomic E-state index is 0.0833. The number of hydrogen-bond donors (Lipinski definition) is 3. The van der Waals surface area contributed by atoms with Gasteiger partial charge in [-0.1, -0.05) is 13.8 Å². The molecular formula is C6H14NO3-. The molecule has 4 nitrogen and oxygen atoms in total. The van der Waals surface area contributed by atoms with Crippen molar-refractivity contribution < 1.29 is 15.3 Å². The Balaban J connectivity index is 0. The highest BCUT2D eigenvalue weighted by Gasteiger charge is 2.09. The Morgan fingerprint density at radius 2 is 1.80 bits per heavy atom. The fourth-order valence-corrected chi connectivity index (χ4v) is 0. The lowest BCUT2D eigenvalue weighted by atomic mass is 10.4. The van der Waals surface area contributed by atoms with Gasteiger partial charge < -0.3 is 15.3 Å². The smallest absolute Gasteiger partial charge is 0.219 e. The second kappa shape index (κ2) is 5.22. The normalized spacial score (nSPS) is 9.70. The van der Waals surface area contributed by atoms with E-state index in [-0.39, 0.29) is 12.2 Å². The van der Waals surface area contributed by atoms with Gasteiger partial charge in [0, 0.05) is 6.42 Å². The average molecular weight is 148 g/mol. The zero-order chi connectivity index (χ0) is 8.78. The molecular weight excluding hydrogens is 134 g/mol. The van der Waals surface area contributed by atoms with Crippen LogP contribution in [0.4, 0.5) is 0 Å². The van der Waals surface area contributed by atoms with Crippen LogP contribution in [0.1, 0.15) is 20.3 Å². The molecule has 0 saturated carbocycles. The molecule has 0 radical (unpaired) electrons. The van der Waals surface area contributed by atoms with E-state index < -0.39 is 5.91 Å². The molecule has 0 aromatic rings. The maximum Gasteiger partial charge on any atom is 0.219 e. The van der Waals surface area contributed by atoms with E-state index in [2.05, 4.69) is 12.3 Å². The summed E-state index contributed by atoms with van der Waals surface area (Å²) in [6.07, 6.45) is 0.160. The van der Waals surface area contributed by atoms with Gasteiger partial charge in [0.15, 0.2) is 0 Å². The van der Waals surface area contributed by atoms with Gasteiger partial charge in [-0.05, 0) is 0 Å². The molecule has 0 fully saturated rings. The van der Waals surface area contributed by atoms with Crippen LogP contribution in [0, 0.1) is 0 Å². The molecule has 10 heavy (non-hydrogen) atoms. The fourth-order valence-electron chi connectivity index (χ4n) is 0. The third-order valence-corrected chi connectivity index (χ3v) is 0.520. The van der Waals surface area contributed by atoms with Crippen LogP contribution >= 0.6 is 0 Å². The topological polar surface area (TPSA) is 89.5 Å². The summed E-state index contributed by atoms with van der Waals surface area (Å²) in [5, 5.41) is 25.7. The summed E-state index contributed by atoms with van der Waals surface area (Å²) in [5.41, 5.74) is 4.65. The SMILES string of the molecule is C=C(C)[O-].CCC(N)(O)O. The predicted molar refractivity (Wildman–Crippen MR) is 36.5 cm³/mol. The zero-order valence-electron chi connectivity index (χ0n) is 6.29. The first-order valence-electron chi connectivity index (χ1n) is 2.85. The van der Waals surface area contributed by atoms with Gasteiger partial charge in [-0.3, -0.25) is 5.73 Å². The van der Waals surface area contributed by atoms with Gasteiger partial charge in [-0.25, -0.2) is 0 Å². The lowest BCUT2D eigenvalue weighted by Gasteiger charge is -2.10. The first-order chi connectivity index (χ1) is 4.29. The van der Waals surface area contributed by atoms with Crippen LogP contribution < -0.4 is 10.8 Å². The largest absolute Gasteiger partial charge is 0.876 e. The van der Waals surface area contributed by atoms with Gasteiger partial charge in [0.1, 0.15) is 0 Å². The highest BCUT2D eigenvalue weighted by Crippen LogP contribution is 1.90. The molecule has 0 aromatic carbocycles. The fraction of sp³-hybridized carbons (Fsp3) is 0.667. The average Bonchev–Trinajstić information content (AvgIpc) is 1.63. The summed E-state index contributed by atoms with van der Waals surface area (Å²) in [4.78, 5) is 0. The van der Waals surface area contributed by atoms with Crippen LogP contribution in [-0.2, 0) is 0 Å². The lowest BCUT2D eigenvalue weighted by Crippen LogP contribution is -2.37. The van der Waals surface area contributed by atoms with Crippen molar-refractivity contribution in [3.05, 3.63) is 12.3 Å². The third kappa shape index (κ3) is 52.2. The van der Waals surface area contributed by atoms with E-state index in [1.807, 2.05) is 0 Å². The predicted octanol–water partition coefficient (Wildman–Crippen LogP) is -1.13. The summed E-state index contributed by atoms with van der Waals surface area (Å²) in [5.74, 6) is -2.04. The van der Waals surface area contributed by atoms with Crippen LogP contribution in [0.2, 0.25) is 0 Å². The second-order valence-electron chi connectivity index (χ2n) is 1.93. The minimum atomic E-state index is -1.96. The zero-order valence-corrected chi connectivity index (χ0v) is 6.29. The Hall–Kier alpha value is -0.580. The third-order valence-electron chi connectivity index (χ3n) is 0.520. The molecule has 0 atom stereocenters.